The Morgan fingerprint density at radius 2 is 1.81 bits per heavy atom. The minimum absolute atomic E-state index is 0.195. The lowest BCUT2D eigenvalue weighted by Gasteiger charge is -2.07. The molecule has 2 aromatic carbocycles. The van der Waals surface area contributed by atoms with E-state index in [-0.39, 0.29) is 11.7 Å². The summed E-state index contributed by atoms with van der Waals surface area (Å²) < 4.78 is 39.2. The highest BCUT2D eigenvalue weighted by atomic mass is 32.3. The van der Waals surface area contributed by atoms with Crippen LogP contribution in [0, 0.1) is 0 Å². The van der Waals surface area contributed by atoms with Crippen LogP contribution in [0.3, 0.4) is 0 Å². The molecule has 3 aromatic rings. The van der Waals surface area contributed by atoms with Crippen LogP contribution < -0.4 is 9.50 Å². The maximum atomic E-state index is 12.5. The van der Waals surface area contributed by atoms with E-state index >= 15 is 0 Å². The molecule has 0 atom stereocenters. The number of anilines is 1. The summed E-state index contributed by atoms with van der Waals surface area (Å²) >= 11 is 0. The molecule has 0 radical (unpaired) electrons. The summed E-state index contributed by atoms with van der Waals surface area (Å²) in [7, 11) is -5.08. The number of rotatable bonds is 6. The Morgan fingerprint density at radius 1 is 1.15 bits per heavy atom. The SMILES string of the molecule is CCn1ncnc1-c1ccc(C(=O)Nc2ccc(OS(=O)(=O)F)cc2)cc1. The normalized spacial score (nSPS) is 11.2. The molecule has 3 rings (SSSR count). The largest absolute Gasteiger partial charge is 0.488 e. The fraction of sp³-hybridized carbons (Fsp3) is 0.118. The van der Waals surface area contributed by atoms with Gasteiger partial charge in [-0.1, -0.05) is 16.0 Å². The first-order valence-electron chi connectivity index (χ1n) is 7.89. The molecule has 1 aromatic heterocycles. The standard InChI is InChI=1S/C17H15FN4O4S/c1-2-22-16(19-11-20-22)12-3-5-13(6-4-12)17(23)21-14-7-9-15(10-8-14)26-27(18,24)25/h3-11H,2H2,1H3,(H,21,23). The summed E-state index contributed by atoms with van der Waals surface area (Å²) in [5, 5.41) is 6.76. The molecule has 8 nitrogen and oxygen atoms in total. The van der Waals surface area contributed by atoms with Gasteiger partial charge in [0, 0.05) is 23.4 Å². The monoisotopic (exact) mass is 390 g/mol. The van der Waals surface area contributed by atoms with E-state index in [0.29, 0.717) is 23.6 Å². The van der Waals surface area contributed by atoms with Gasteiger partial charge >= 0.3 is 10.5 Å². The number of hydrogen-bond acceptors (Lipinski definition) is 6. The molecule has 0 spiro atoms. The minimum Gasteiger partial charge on any atom is -0.358 e. The van der Waals surface area contributed by atoms with E-state index in [1.54, 1.807) is 28.9 Å². The highest BCUT2D eigenvalue weighted by molar-refractivity contribution is 7.81. The van der Waals surface area contributed by atoms with Crippen molar-refractivity contribution in [3.8, 4) is 17.1 Å². The first kappa shape index (κ1) is 18.5. The fourth-order valence-electron chi connectivity index (χ4n) is 2.40. The molecule has 0 saturated heterocycles. The number of halogens is 1. The topological polar surface area (TPSA) is 103 Å². The van der Waals surface area contributed by atoms with Crippen LogP contribution >= 0.6 is 0 Å². The fourth-order valence-corrected chi connectivity index (χ4v) is 2.74. The lowest BCUT2D eigenvalue weighted by Crippen LogP contribution is -2.11. The van der Waals surface area contributed by atoms with E-state index < -0.39 is 10.5 Å². The number of benzene rings is 2. The van der Waals surface area contributed by atoms with E-state index in [1.165, 1.54) is 30.6 Å². The number of carbonyl (C=O) groups is 1. The van der Waals surface area contributed by atoms with Gasteiger partial charge in [0.05, 0.1) is 0 Å². The van der Waals surface area contributed by atoms with Crippen LogP contribution in [0.2, 0.25) is 0 Å². The second-order valence-electron chi connectivity index (χ2n) is 5.43. The first-order chi connectivity index (χ1) is 12.9. The van der Waals surface area contributed by atoms with Crippen LogP contribution in [0.5, 0.6) is 5.75 Å². The molecule has 0 bridgehead atoms. The Balaban J connectivity index is 1.69. The molecule has 0 aliphatic heterocycles. The van der Waals surface area contributed by atoms with Crippen LogP contribution in [0.1, 0.15) is 17.3 Å². The third-order valence-corrected chi connectivity index (χ3v) is 4.02. The molecular weight excluding hydrogens is 375 g/mol. The third kappa shape index (κ3) is 4.67. The zero-order valence-corrected chi connectivity index (χ0v) is 15.0. The van der Waals surface area contributed by atoms with Gasteiger partial charge in [-0.25, -0.2) is 9.67 Å². The molecule has 0 fully saturated rings. The Labute approximate surface area is 155 Å². The zero-order valence-electron chi connectivity index (χ0n) is 14.2. The van der Waals surface area contributed by atoms with E-state index in [1.807, 2.05) is 6.92 Å². The van der Waals surface area contributed by atoms with Gasteiger partial charge in [0.2, 0.25) is 0 Å². The van der Waals surface area contributed by atoms with Crippen LogP contribution in [0.15, 0.2) is 54.9 Å². The smallest absolute Gasteiger partial charge is 0.358 e. The van der Waals surface area contributed by atoms with Crippen molar-refractivity contribution in [3.63, 3.8) is 0 Å². The molecule has 1 amide bonds. The molecule has 0 aliphatic rings. The second-order valence-corrected chi connectivity index (χ2v) is 6.38. The second kappa shape index (κ2) is 7.54. The molecule has 1 heterocycles. The highest BCUT2D eigenvalue weighted by Gasteiger charge is 2.11. The van der Waals surface area contributed by atoms with E-state index in [2.05, 4.69) is 19.6 Å². The average molecular weight is 390 g/mol. The Hall–Kier alpha value is -3.27. The molecule has 0 saturated carbocycles. The average Bonchev–Trinajstić information content (AvgIpc) is 3.11. The van der Waals surface area contributed by atoms with Gasteiger partial charge in [-0.3, -0.25) is 4.79 Å². The summed E-state index contributed by atoms with van der Waals surface area (Å²) in [5.41, 5.74) is 1.66. The number of carbonyl (C=O) groups excluding carboxylic acids is 1. The number of aryl methyl sites for hydroxylation is 1. The van der Waals surface area contributed by atoms with Gasteiger partial charge in [0.1, 0.15) is 12.1 Å². The van der Waals surface area contributed by atoms with Crippen molar-refractivity contribution < 1.29 is 21.3 Å². The quantitative estimate of drug-likeness (QED) is 0.649. The van der Waals surface area contributed by atoms with Gasteiger partial charge in [0.15, 0.2) is 5.82 Å². The van der Waals surface area contributed by atoms with Crippen LogP contribution in [-0.2, 0) is 17.0 Å². The van der Waals surface area contributed by atoms with Gasteiger partial charge in [-0.2, -0.15) is 13.5 Å². The molecular formula is C17H15FN4O4S. The Bertz CT molecular complexity index is 1050. The van der Waals surface area contributed by atoms with Gasteiger partial charge in [0.25, 0.3) is 5.91 Å². The van der Waals surface area contributed by atoms with Crippen molar-refractivity contribution in [1.82, 2.24) is 14.8 Å². The predicted molar refractivity (Wildman–Crippen MR) is 96.2 cm³/mol. The number of nitrogens with one attached hydrogen (secondary N) is 1. The van der Waals surface area contributed by atoms with Gasteiger partial charge < -0.3 is 9.50 Å². The van der Waals surface area contributed by atoms with Crippen molar-refractivity contribution in [2.24, 2.45) is 0 Å². The number of aromatic nitrogens is 3. The van der Waals surface area contributed by atoms with Crippen molar-refractivity contribution >= 4 is 22.1 Å². The number of amides is 1. The summed E-state index contributed by atoms with van der Waals surface area (Å²) in [6.07, 6.45) is 1.47. The van der Waals surface area contributed by atoms with Crippen molar-refractivity contribution in [3.05, 3.63) is 60.4 Å². The lowest BCUT2D eigenvalue weighted by molar-refractivity contribution is 0.102. The van der Waals surface area contributed by atoms with E-state index in [9.17, 15) is 17.1 Å². The van der Waals surface area contributed by atoms with Crippen molar-refractivity contribution in [2.45, 2.75) is 13.5 Å². The Morgan fingerprint density at radius 3 is 2.41 bits per heavy atom. The van der Waals surface area contributed by atoms with E-state index in [0.717, 1.165) is 5.56 Å². The first-order valence-corrected chi connectivity index (χ1v) is 9.20. The predicted octanol–water partition coefficient (Wildman–Crippen LogP) is 2.81. The molecule has 140 valence electrons. The molecule has 10 heteroatoms. The molecule has 27 heavy (non-hydrogen) atoms. The molecule has 0 unspecified atom stereocenters. The Kier molecular flexibility index (Phi) is 5.17. The molecule has 0 aliphatic carbocycles. The van der Waals surface area contributed by atoms with Crippen LogP contribution in [0.25, 0.3) is 11.4 Å². The maximum absolute atomic E-state index is 12.5. The number of hydrogen-bond donors (Lipinski definition) is 1. The minimum atomic E-state index is -5.08. The zero-order chi connectivity index (χ0) is 19.4. The summed E-state index contributed by atoms with van der Waals surface area (Å²) in [6.45, 7) is 2.64. The van der Waals surface area contributed by atoms with Crippen LogP contribution in [-0.4, -0.2) is 29.1 Å². The van der Waals surface area contributed by atoms with E-state index in [4.69, 9.17) is 0 Å². The summed E-state index contributed by atoms with van der Waals surface area (Å²) in [5.74, 6) is 0.160. The van der Waals surface area contributed by atoms with Crippen molar-refractivity contribution in [2.75, 3.05) is 5.32 Å². The number of nitrogens with zero attached hydrogens (tertiary/aromatic N) is 3. The van der Waals surface area contributed by atoms with Crippen molar-refractivity contribution in [1.29, 1.82) is 0 Å². The lowest BCUT2D eigenvalue weighted by atomic mass is 10.1. The summed E-state index contributed by atoms with van der Waals surface area (Å²) in [6, 6.07) is 12.1. The highest BCUT2D eigenvalue weighted by Crippen LogP contribution is 2.20. The van der Waals surface area contributed by atoms with Gasteiger partial charge in [-0.15, -0.1) is 0 Å². The molecule has 1 N–H and O–H groups in total. The maximum Gasteiger partial charge on any atom is 0.488 e. The third-order valence-electron chi connectivity index (χ3n) is 3.63. The summed E-state index contributed by atoms with van der Waals surface area (Å²) in [4.78, 5) is 16.5. The van der Waals surface area contributed by atoms with Crippen LogP contribution in [0.4, 0.5) is 9.57 Å². The van der Waals surface area contributed by atoms with Gasteiger partial charge in [-0.05, 0) is 43.3 Å².